The summed E-state index contributed by atoms with van der Waals surface area (Å²) in [6.45, 7) is 4.73. The Hall–Kier alpha value is -2.79. The molecule has 0 saturated heterocycles. The van der Waals surface area contributed by atoms with Crippen molar-refractivity contribution in [3.05, 3.63) is 102 Å². The summed E-state index contributed by atoms with van der Waals surface area (Å²) in [5.74, 6) is 1.92. The minimum atomic E-state index is -2.81. The van der Waals surface area contributed by atoms with E-state index in [9.17, 15) is 9.90 Å². The zero-order valence-corrected chi connectivity index (χ0v) is 26.1. The lowest BCUT2D eigenvalue weighted by molar-refractivity contribution is -0.121. The Morgan fingerprint density at radius 3 is 1.88 bits per heavy atom. The largest absolute Gasteiger partial charge is 0.401 e. The smallest absolute Gasteiger partial charge is 0.288 e. The average Bonchev–Trinajstić information content (AvgIpc) is 3.38. The topological polar surface area (TPSA) is 46.5 Å². The van der Waals surface area contributed by atoms with Crippen LogP contribution in [0.1, 0.15) is 65.2 Å². The van der Waals surface area contributed by atoms with Crippen molar-refractivity contribution >= 4 is 29.7 Å². The van der Waals surface area contributed by atoms with Gasteiger partial charge in [0.15, 0.2) is 5.78 Å². The SMILES string of the molecule is CC1=C2CC[C@@H]3[C@@H](CC[C@]4(C)C(O[Si](c5ccccc5)(c5ccccc5)c5ccccc5)CC[C@@H]34)[C@@]2(CO)CCC1=O. The monoisotopic (exact) mass is 576 g/mol. The molecule has 218 valence electrons. The molecule has 4 aliphatic carbocycles. The number of ketones is 1. The summed E-state index contributed by atoms with van der Waals surface area (Å²) in [5.41, 5.74) is 2.15. The van der Waals surface area contributed by atoms with Crippen molar-refractivity contribution in [2.45, 2.75) is 71.3 Å². The summed E-state index contributed by atoms with van der Waals surface area (Å²) in [7, 11) is -2.81. The first-order chi connectivity index (χ1) is 20.4. The fourth-order valence-corrected chi connectivity index (χ4v) is 14.3. The van der Waals surface area contributed by atoms with Gasteiger partial charge in [-0.05, 0) is 96.2 Å². The Labute approximate surface area is 252 Å². The molecule has 42 heavy (non-hydrogen) atoms. The number of fused-ring (bicyclic) bond motifs is 5. The summed E-state index contributed by atoms with van der Waals surface area (Å²) >= 11 is 0. The normalized spacial score (nSPS) is 32.7. The van der Waals surface area contributed by atoms with Crippen molar-refractivity contribution < 1.29 is 14.3 Å². The van der Waals surface area contributed by atoms with Gasteiger partial charge in [-0.1, -0.05) is 103 Å². The molecule has 0 radical (unpaired) electrons. The van der Waals surface area contributed by atoms with Gasteiger partial charge in [0.2, 0.25) is 0 Å². The standard InChI is InChI=1S/C38H44O3Si/c1-27-32-19-18-31-33-20-21-36(37(33,2)24-22-34(31)38(32,26-39)25-23-35(27)40)41-42(28-12-6-3-7-13-28,29-14-8-4-9-15-29)30-16-10-5-11-17-30/h3-17,31,33-34,36,39H,18-26H2,1-2H3/t31-,33-,34+,36?,37-,38+/m0/s1. The molecule has 0 bridgehead atoms. The fraction of sp³-hybridized carbons (Fsp3) is 0.447. The van der Waals surface area contributed by atoms with Gasteiger partial charge in [0, 0.05) is 11.8 Å². The van der Waals surface area contributed by atoms with Crippen molar-refractivity contribution in [1.82, 2.24) is 0 Å². The second kappa shape index (κ2) is 10.7. The van der Waals surface area contributed by atoms with E-state index in [4.69, 9.17) is 4.43 Å². The molecule has 7 rings (SSSR count). The Morgan fingerprint density at radius 2 is 1.33 bits per heavy atom. The summed E-state index contributed by atoms with van der Waals surface area (Å²) in [4.78, 5) is 12.7. The Morgan fingerprint density at radius 1 is 0.762 bits per heavy atom. The first-order valence-corrected chi connectivity index (χ1v) is 18.0. The maximum atomic E-state index is 12.7. The molecule has 0 aliphatic heterocycles. The summed E-state index contributed by atoms with van der Waals surface area (Å²) in [6, 6.07) is 33.0. The van der Waals surface area contributed by atoms with E-state index in [1.165, 1.54) is 27.6 Å². The van der Waals surface area contributed by atoms with Crippen LogP contribution in [0.5, 0.6) is 0 Å². The molecule has 1 N–H and O–H groups in total. The van der Waals surface area contributed by atoms with Crippen LogP contribution in [0.2, 0.25) is 0 Å². The van der Waals surface area contributed by atoms with Crippen LogP contribution in [0, 0.1) is 28.6 Å². The predicted octanol–water partition coefficient (Wildman–Crippen LogP) is 5.93. The van der Waals surface area contributed by atoms with Crippen LogP contribution in [0.4, 0.5) is 0 Å². The molecule has 1 unspecified atom stereocenters. The van der Waals surface area contributed by atoms with Gasteiger partial charge in [0.25, 0.3) is 8.32 Å². The Balaban J connectivity index is 1.29. The van der Waals surface area contributed by atoms with Crippen LogP contribution in [0.25, 0.3) is 0 Å². The molecule has 0 spiro atoms. The molecule has 0 heterocycles. The van der Waals surface area contributed by atoms with Crippen LogP contribution >= 0.6 is 0 Å². The molecule has 6 atom stereocenters. The third-order valence-electron chi connectivity index (χ3n) is 12.2. The lowest BCUT2D eigenvalue weighted by Gasteiger charge is -2.59. The van der Waals surface area contributed by atoms with Gasteiger partial charge in [-0.3, -0.25) is 4.79 Å². The molecule has 0 aromatic heterocycles. The molecule has 0 amide bonds. The molecule has 3 saturated carbocycles. The number of hydrogen-bond acceptors (Lipinski definition) is 3. The predicted molar refractivity (Wildman–Crippen MR) is 172 cm³/mol. The zero-order valence-electron chi connectivity index (χ0n) is 25.1. The van der Waals surface area contributed by atoms with Crippen molar-refractivity contribution in [3.63, 3.8) is 0 Å². The number of carbonyl (C=O) groups excluding carboxylic acids is 1. The minimum Gasteiger partial charge on any atom is -0.401 e. The van der Waals surface area contributed by atoms with Crippen molar-refractivity contribution in [1.29, 1.82) is 0 Å². The number of aliphatic hydroxyl groups is 1. The second-order valence-electron chi connectivity index (χ2n) is 13.8. The third-order valence-corrected chi connectivity index (χ3v) is 16.3. The average molecular weight is 577 g/mol. The fourth-order valence-electron chi connectivity index (χ4n) is 10.1. The van der Waals surface area contributed by atoms with Gasteiger partial charge in [-0.25, -0.2) is 0 Å². The van der Waals surface area contributed by atoms with Gasteiger partial charge >= 0.3 is 0 Å². The number of carbonyl (C=O) groups is 1. The van der Waals surface area contributed by atoms with Gasteiger partial charge in [-0.2, -0.15) is 0 Å². The third kappa shape index (κ3) is 4.09. The highest BCUT2D eigenvalue weighted by molar-refractivity contribution is 7.07. The number of Topliss-reactive ketones (excluding diaryl/α,β-unsaturated/α-hetero) is 1. The van der Waals surface area contributed by atoms with Gasteiger partial charge in [0.05, 0.1) is 12.7 Å². The van der Waals surface area contributed by atoms with E-state index < -0.39 is 8.32 Å². The highest BCUT2D eigenvalue weighted by atomic mass is 28.4. The molecule has 3 aromatic rings. The van der Waals surface area contributed by atoms with Gasteiger partial charge in [0.1, 0.15) is 0 Å². The first-order valence-electron chi connectivity index (χ1n) is 16.1. The number of aliphatic hydroxyl groups excluding tert-OH is 1. The van der Waals surface area contributed by atoms with E-state index in [1.54, 1.807) is 0 Å². The number of rotatable bonds is 6. The number of hydrogen-bond donors (Lipinski definition) is 1. The molecule has 3 nitrogen and oxygen atoms in total. The Bertz CT molecular complexity index is 1370. The van der Waals surface area contributed by atoms with E-state index in [1.807, 2.05) is 6.92 Å². The van der Waals surface area contributed by atoms with Crippen molar-refractivity contribution in [2.75, 3.05) is 6.61 Å². The molecule has 4 aliphatic rings. The summed E-state index contributed by atoms with van der Waals surface area (Å²) in [6.07, 6.45) is 8.19. The maximum absolute atomic E-state index is 12.7. The number of benzene rings is 3. The molecule has 3 fully saturated rings. The van der Waals surface area contributed by atoms with Crippen molar-refractivity contribution in [2.24, 2.45) is 28.6 Å². The van der Waals surface area contributed by atoms with Crippen molar-refractivity contribution in [3.8, 4) is 0 Å². The van der Waals surface area contributed by atoms with Gasteiger partial charge in [-0.15, -0.1) is 0 Å². The molecule has 3 aromatic carbocycles. The summed E-state index contributed by atoms with van der Waals surface area (Å²) in [5, 5.41) is 14.9. The van der Waals surface area contributed by atoms with E-state index in [0.29, 0.717) is 30.0 Å². The first kappa shape index (κ1) is 28.0. The highest BCUT2D eigenvalue weighted by Crippen LogP contribution is 2.66. The molecular formula is C38H44O3Si. The van der Waals surface area contributed by atoms with Crippen LogP contribution in [0.15, 0.2) is 102 Å². The maximum Gasteiger partial charge on any atom is 0.288 e. The highest BCUT2D eigenvalue weighted by Gasteiger charge is 2.62. The summed E-state index contributed by atoms with van der Waals surface area (Å²) < 4.78 is 7.83. The second-order valence-corrected chi connectivity index (χ2v) is 17.1. The minimum absolute atomic E-state index is 0.0924. The van der Waals surface area contributed by atoms with E-state index >= 15 is 0 Å². The lowest BCUT2D eigenvalue weighted by Crippen LogP contribution is -2.71. The van der Waals surface area contributed by atoms with Crippen LogP contribution < -0.4 is 15.6 Å². The lowest BCUT2D eigenvalue weighted by atomic mass is 9.46. The van der Waals surface area contributed by atoms with E-state index in [0.717, 1.165) is 44.1 Å². The van der Waals surface area contributed by atoms with Gasteiger partial charge < -0.3 is 9.53 Å². The van der Waals surface area contributed by atoms with E-state index in [-0.39, 0.29) is 23.5 Å². The Kier molecular flexibility index (Phi) is 7.16. The van der Waals surface area contributed by atoms with Crippen LogP contribution in [-0.2, 0) is 9.22 Å². The van der Waals surface area contributed by atoms with Crippen LogP contribution in [0.3, 0.4) is 0 Å². The quantitative estimate of drug-likeness (QED) is 0.292. The van der Waals surface area contributed by atoms with E-state index in [2.05, 4.69) is 97.9 Å². The van der Waals surface area contributed by atoms with Crippen LogP contribution in [-0.4, -0.2) is 31.9 Å². The molecular weight excluding hydrogens is 533 g/mol. The molecule has 4 heteroatoms. The zero-order chi connectivity index (χ0) is 29.0.